The van der Waals surface area contributed by atoms with Crippen LogP contribution in [0.5, 0.6) is 0 Å². The van der Waals surface area contributed by atoms with Crippen molar-refractivity contribution >= 4 is 12.0 Å². The molecule has 0 bridgehead atoms. The molecule has 0 unspecified atom stereocenters. The smallest absolute Gasteiger partial charge is 0.155 e. The molecule has 0 N–H and O–H groups in total. The summed E-state index contributed by atoms with van der Waals surface area (Å²) in [4.78, 5) is 14.9. The molecule has 2 nitrogen and oxygen atoms in total. The van der Waals surface area contributed by atoms with E-state index in [4.69, 9.17) is 0 Å². The number of allylic oxidation sites excluding steroid dienone is 6. The number of unbranched alkanes of at least 4 members (excludes halogenated alkanes) is 2. The Labute approximate surface area is 145 Å². The molecule has 0 aliphatic carbocycles. The van der Waals surface area contributed by atoms with Gasteiger partial charge in [-0.05, 0) is 45.3 Å². The monoisotopic (exact) mass is 321 g/mol. The number of hydrogen-bond acceptors (Lipinski definition) is 2. The molecule has 134 valence electrons. The maximum atomic E-state index is 10.7. The summed E-state index contributed by atoms with van der Waals surface area (Å²) in [6.45, 7) is 16.2. The zero-order valence-corrected chi connectivity index (χ0v) is 16.8. The van der Waals surface area contributed by atoms with E-state index in [0.717, 1.165) is 18.5 Å². The predicted octanol–water partition coefficient (Wildman–Crippen LogP) is 7.08. The van der Waals surface area contributed by atoms with Gasteiger partial charge in [0.15, 0.2) is 5.78 Å². The van der Waals surface area contributed by atoms with Crippen LogP contribution in [0.3, 0.4) is 0 Å². The van der Waals surface area contributed by atoms with Crippen molar-refractivity contribution in [3.63, 3.8) is 0 Å². The van der Waals surface area contributed by atoms with E-state index in [1.165, 1.54) is 18.4 Å². The van der Waals surface area contributed by atoms with E-state index < -0.39 is 0 Å². The fraction of sp³-hybridized carbons (Fsp3) is 0.619. The first-order chi connectivity index (χ1) is 11.0. The van der Waals surface area contributed by atoms with Gasteiger partial charge in [0, 0.05) is 18.3 Å². The second kappa shape index (κ2) is 22.8. The summed E-state index contributed by atoms with van der Waals surface area (Å²) in [7, 11) is 0. The van der Waals surface area contributed by atoms with Crippen LogP contribution >= 0.6 is 0 Å². The lowest BCUT2D eigenvalue weighted by Gasteiger charge is -1.93. The van der Waals surface area contributed by atoms with Gasteiger partial charge in [0.2, 0.25) is 0 Å². The number of carbonyl (C=O) groups excluding carboxylic acids is 1. The molecule has 0 aromatic heterocycles. The van der Waals surface area contributed by atoms with Crippen LogP contribution in [0.4, 0.5) is 0 Å². The van der Waals surface area contributed by atoms with Crippen LogP contribution in [0.2, 0.25) is 0 Å². The van der Waals surface area contributed by atoms with Crippen molar-refractivity contribution in [2.45, 2.75) is 87.5 Å². The van der Waals surface area contributed by atoms with Gasteiger partial charge >= 0.3 is 0 Å². The highest BCUT2D eigenvalue weighted by atomic mass is 16.1. The number of carbonyl (C=O) groups is 1. The van der Waals surface area contributed by atoms with Crippen LogP contribution < -0.4 is 0 Å². The highest BCUT2D eigenvalue weighted by Gasteiger charge is 1.87. The second-order valence-corrected chi connectivity index (χ2v) is 4.77. The lowest BCUT2D eigenvalue weighted by Crippen LogP contribution is -1.86. The number of hydrogen-bond donors (Lipinski definition) is 0. The molecule has 0 aliphatic rings. The van der Waals surface area contributed by atoms with Crippen LogP contribution in [0.25, 0.3) is 0 Å². The van der Waals surface area contributed by atoms with E-state index in [2.05, 4.69) is 24.9 Å². The molecule has 0 radical (unpaired) electrons. The van der Waals surface area contributed by atoms with Crippen LogP contribution in [-0.2, 0) is 4.79 Å². The Morgan fingerprint density at radius 3 is 2.00 bits per heavy atom. The third-order valence-electron chi connectivity index (χ3n) is 3.01. The molecule has 2 heteroatoms. The van der Waals surface area contributed by atoms with Crippen molar-refractivity contribution in [2.24, 2.45) is 4.99 Å². The minimum atomic E-state index is 0.233. The third kappa shape index (κ3) is 23.0. The summed E-state index contributed by atoms with van der Waals surface area (Å²) in [6.07, 6.45) is 14.8. The summed E-state index contributed by atoms with van der Waals surface area (Å²) >= 11 is 0. The van der Waals surface area contributed by atoms with Crippen molar-refractivity contribution in [1.82, 2.24) is 0 Å². The topological polar surface area (TPSA) is 29.4 Å². The third-order valence-corrected chi connectivity index (χ3v) is 3.01. The Bertz CT molecular complexity index is 373. The van der Waals surface area contributed by atoms with Crippen molar-refractivity contribution < 1.29 is 4.79 Å². The van der Waals surface area contributed by atoms with Gasteiger partial charge in [0.05, 0.1) is 0 Å². The van der Waals surface area contributed by atoms with Crippen molar-refractivity contribution in [1.29, 1.82) is 0 Å². The maximum Gasteiger partial charge on any atom is 0.155 e. The number of ketones is 1. The van der Waals surface area contributed by atoms with E-state index in [9.17, 15) is 4.79 Å². The first kappa shape index (κ1) is 26.5. The summed E-state index contributed by atoms with van der Waals surface area (Å²) in [5.74, 6) is 0.233. The molecular formula is C21H39NO. The fourth-order valence-electron chi connectivity index (χ4n) is 1.28. The van der Waals surface area contributed by atoms with Crippen LogP contribution in [0, 0.1) is 0 Å². The normalized spacial score (nSPS) is 11.8. The highest BCUT2D eigenvalue weighted by Crippen LogP contribution is 1.99. The number of nitrogens with zero attached hydrogens (tertiary/aromatic N) is 1. The first-order valence-corrected chi connectivity index (χ1v) is 9.07. The van der Waals surface area contributed by atoms with Gasteiger partial charge in [-0.3, -0.25) is 9.79 Å². The maximum absolute atomic E-state index is 10.7. The van der Waals surface area contributed by atoms with Gasteiger partial charge in [-0.1, -0.05) is 65.7 Å². The average Bonchev–Trinajstić information content (AvgIpc) is 2.61. The molecular weight excluding hydrogens is 282 g/mol. The quantitative estimate of drug-likeness (QED) is 0.267. The average molecular weight is 322 g/mol. The molecule has 0 aromatic rings. The Morgan fingerprint density at radius 1 is 1.00 bits per heavy atom. The Balaban J connectivity index is -0.000000315. The molecule has 0 aromatic carbocycles. The second-order valence-electron chi connectivity index (χ2n) is 4.77. The van der Waals surface area contributed by atoms with Crippen LogP contribution in [0.15, 0.2) is 40.6 Å². The number of rotatable bonds is 8. The van der Waals surface area contributed by atoms with Gasteiger partial charge in [-0.25, -0.2) is 0 Å². The van der Waals surface area contributed by atoms with Gasteiger partial charge in [0.1, 0.15) is 0 Å². The molecule has 0 amide bonds. The molecule has 23 heavy (non-hydrogen) atoms. The van der Waals surface area contributed by atoms with Gasteiger partial charge in [-0.15, -0.1) is 0 Å². The lowest BCUT2D eigenvalue weighted by atomic mass is 10.2. The molecule has 0 aliphatic heterocycles. The van der Waals surface area contributed by atoms with Crippen molar-refractivity contribution in [3.8, 4) is 0 Å². The fourth-order valence-corrected chi connectivity index (χ4v) is 1.28. The zero-order chi connectivity index (χ0) is 18.5. The summed E-state index contributed by atoms with van der Waals surface area (Å²) in [5.41, 5.74) is 2.35. The summed E-state index contributed by atoms with van der Waals surface area (Å²) < 4.78 is 0. The molecule has 0 saturated heterocycles. The van der Waals surface area contributed by atoms with Crippen molar-refractivity contribution in [3.05, 3.63) is 35.6 Å². The van der Waals surface area contributed by atoms with E-state index in [1.807, 2.05) is 59.9 Å². The molecule has 0 heterocycles. The van der Waals surface area contributed by atoms with Gasteiger partial charge < -0.3 is 0 Å². The SMILES string of the molecule is CC.CCCC/C=C\C(=O)CC.C\C=C(/C=N/C(C)=C/C)CC. The van der Waals surface area contributed by atoms with E-state index in [0.29, 0.717) is 6.42 Å². The standard InChI is InChI=1S/C10H17N.C9H16O.C2H6/c1-5-9(4)11-8-10(6-2)7-3;1-3-5-6-7-8-9(10)4-2;1-2/h5-6,8H,7H2,1-4H3;7-8H,3-6H2,1-2H3;1-2H3/b9-5+,10-6-,11-8+;8-7-;. The predicted molar refractivity (Wildman–Crippen MR) is 107 cm³/mol. The minimum Gasteiger partial charge on any atom is -0.295 e. The largest absolute Gasteiger partial charge is 0.295 e. The zero-order valence-electron chi connectivity index (χ0n) is 16.8. The Hall–Kier alpha value is -1.44. The molecule has 0 spiro atoms. The minimum absolute atomic E-state index is 0.233. The summed E-state index contributed by atoms with van der Waals surface area (Å²) in [6, 6.07) is 0. The van der Waals surface area contributed by atoms with Gasteiger partial charge in [-0.2, -0.15) is 0 Å². The Morgan fingerprint density at radius 2 is 1.61 bits per heavy atom. The molecule has 0 atom stereocenters. The number of aliphatic imine (C=N–C) groups is 1. The highest BCUT2D eigenvalue weighted by molar-refractivity contribution is 5.89. The molecule has 0 rings (SSSR count). The van der Waals surface area contributed by atoms with E-state index in [1.54, 1.807) is 6.08 Å². The van der Waals surface area contributed by atoms with Gasteiger partial charge in [0.25, 0.3) is 0 Å². The molecule has 0 fully saturated rings. The van der Waals surface area contributed by atoms with E-state index >= 15 is 0 Å². The lowest BCUT2D eigenvalue weighted by molar-refractivity contribution is -0.114. The van der Waals surface area contributed by atoms with Crippen LogP contribution in [0.1, 0.15) is 87.5 Å². The first-order valence-electron chi connectivity index (χ1n) is 9.07. The Kier molecular flexibility index (Phi) is 26.3. The van der Waals surface area contributed by atoms with Crippen LogP contribution in [-0.4, -0.2) is 12.0 Å². The summed E-state index contributed by atoms with van der Waals surface area (Å²) in [5, 5.41) is 0. The van der Waals surface area contributed by atoms with E-state index in [-0.39, 0.29) is 5.78 Å². The van der Waals surface area contributed by atoms with Crippen molar-refractivity contribution in [2.75, 3.05) is 0 Å². The molecule has 0 saturated carbocycles.